The Labute approximate surface area is 98.1 Å². The lowest BCUT2D eigenvalue weighted by molar-refractivity contribution is 0.0278. The molecule has 1 aliphatic carbocycles. The molecule has 0 spiro atoms. The smallest absolute Gasteiger partial charge is 0.410 e. The minimum atomic E-state index is -0.373. The van der Waals surface area contributed by atoms with Crippen molar-refractivity contribution < 1.29 is 9.53 Å². The third kappa shape index (κ3) is 2.50. The zero-order chi connectivity index (χ0) is 11.9. The first-order valence-corrected chi connectivity index (χ1v) is 6.33. The van der Waals surface area contributed by atoms with E-state index in [0.717, 1.165) is 30.8 Å². The van der Waals surface area contributed by atoms with Gasteiger partial charge in [0.05, 0.1) is 0 Å². The maximum absolute atomic E-state index is 11.9. The van der Waals surface area contributed by atoms with Crippen LogP contribution in [0.15, 0.2) is 0 Å². The predicted octanol–water partition coefficient (Wildman–Crippen LogP) is 2.90. The summed E-state index contributed by atoms with van der Waals surface area (Å²) in [6, 6.07) is 0. The first kappa shape index (κ1) is 11.7. The van der Waals surface area contributed by atoms with Crippen molar-refractivity contribution in [1.29, 1.82) is 0 Å². The van der Waals surface area contributed by atoms with E-state index in [9.17, 15) is 4.79 Å². The molecule has 3 nitrogen and oxygen atoms in total. The molecule has 0 aromatic rings. The number of likely N-dealkylation sites (tertiary alicyclic amines) is 1. The van der Waals surface area contributed by atoms with Gasteiger partial charge in [0.1, 0.15) is 5.60 Å². The van der Waals surface area contributed by atoms with E-state index < -0.39 is 0 Å². The average molecular weight is 225 g/mol. The van der Waals surface area contributed by atoms with Crippen LogP contribution in [0, 0.1) is 17.8 Å². The number of ether oxygens (including phenoxy) is 1. The number of hydrogen-bond acceptors (Lipinski definition) is 2. The van der Waals surface area contributed by atoms with Crippen LogP contribution >= 0.6 is 0 Å². The van der Waals surface area contributed by atoms with E-state index in [0.29, 0.717) is 0 Å². The van der Waals surface area contributed by atoms with Crippen LogP contribution in [0.1, 0.15) is 40.5 Å². The maximum atomic E-state index is 11.9. The van der Waals surface area contributed by atoms with Gasteiger partial charge in [0.25, 0.3) is 0 Å². The third-order valence-corrected chi connectivity index (χ3v) is 3.64. The molecule has 16 heavy (non-hydrogen) atoms. The predicted molar refractivity (Wildman–Crippen MR) is 63.2 cm³/mol. The summed E-state index contributed by atoms with van der Waals surface area (Å²) in [4.78, 5) is 13.8. The molecule has 1 unspecified atom stereocenters. The maximum Gasteiger partial charge on any atom is 0.410 e. The zero-order valence-electron chi connectivity index (χ0n) is 10.8. The van der Waals surface area contributed by atoms with Crippen molar-refractivity contribution in [3.05, 3.63) is 0 Å². The highest BCUT2D eigenvalue weighted by atomic mass is 16.6. The Hall–Kier alpha value is -0.730. The number of hydrogen-bond donors (Lipinski definition) is 0. The second-order valence-electron chi connectivity index (χ2n) is 6.48. The molecule has 0 aromatic heterocycles. The molecule has 3 atom stereocenters. The Balaban J connectivity index is 1.88. The SMILES string of the molecule is C[C@@H]1CC2CN(C(=O)OC(C)(C)C)C[C@H]2C1. The Bertz CT molecular complexity index is 268. The summed E-state index contributed by atoms with van der Waals surface area (Å²) in [7, 11) is 0. The van der Waals surface area contributed by atoms with Crippen LogP contribution in [-0.2, 0) is 4.74 Å². The fraction of sp³-hybridized carbons (Fsp3) is 0.923. The van der Waals surface area contributed by atoms with Gasteiger partial charge in [-0.1, -0.05) is 6.92 Å². The van der Waals surface area contributed by atoms with Gasteiger partial charge in [-0.05, 0) is 51.4 Å². The summed E-state index contributed by atoms with van der Waals surface area (Å²) in [5.41, 5.74) is -0.373. The molecule has 1 amide bonds. The second kappa shape index (κ2) is 3.94. The van der Waals surface area contributed by atoms with Gasteiger partial charge in [0.15, 0.2) is 0 Å². The molecule has 0 aromatic carbocycles. The topological polar surface area (TPSA) is 29.5 Å². The number of amides is 1. The highest BCUT2D eigenvalue weighted by Crippen LogP contribution is 2.41. The number of nitrogens with zero attached hydrogens (tertiary/aromatic N) is 1. The molecular weight excluding hydrogens is 202 g/mol. The Morgan fingerprint density at radius 2 is 1.69 bits per heavy atom. The van der Waals surface area contributed by atoms with Gasteiger partial charge in [0, 0.05) is 13.1 Å². The van der Waals surface area contributed by atoms with Crippen molar-refractivity contribution in [2.45, 2.75) is 46.1 Å². The van der Waals surface area contributed by atoms with Crippen LogP contribution in [0.2, 0.25) is 0 Å². The van der Waals surface area contributed by atoms with Crippen molar-refractivity contribution in [2.75, 3.05) is 13.1 Å². The summed E-state index contributed by atoms with van der Waals surface area (Å²) >= 11 is 0. The zero-order valence-corrected chi connectivity index (χ0v) is 10.8. The summed E-state index contributed by atoms with van der Waals surface area (Å²) < 4.78 is 5.40. The van der Waals surface area contributed by atoms with Crippen molar-refractivity contribution in [3.63, 3.8) is 0 Å². The quantitative estimate of drug-likeness (QED) is 0.634. The number of carbonyl (C=O) groups excluding carboxylic acids is 1. The van der Waals surface area contributed by atoms with Crippen LogP contribution in [0.3, 0.4) is 0 Å². The summed E-state index contributed by atoms with van der Waals surface area (Å²) in [6.45, 7) is 9.89. The fourth-order valence-corrected chi connectivity index (χ4v) is 3.08. The monoisotopic (exact) mass is 225 g/mol. The molecule has 2 rings (SSSR count). The fourth-order valence-electron chi connectivity index (χ4n) is 3.08. The lowest BCUT2D eigenvalue weighted by Gasteiger charge is -2.25. The van der Waals surface area contributed by atoms with E-state index in [-0.39, 0.29) is 11.7 Å². The van der Waals surface area contributed by atoms with Crippen LogP contribution in [-0.4, -0.2) is 29.7 Å². The van der Waals surface area contributed by atoms with E-state index >= 15 is 0 Å². The number of fused-ring (bicyclic) bond motifs is 1. The van der Waals surface area contributed by atoms with Crippen molar-refractivity contribution in [3.8, 4) is 0 Å². The number of rotatable bonds is 0. The van der Waals surface area contributed by atoms with Gasteiger partial charge in [-0.2, -0.15) is 0 Å². The Kier molecular flexibility index (Phi) is 2.89. The molecule has 3 heteroatoms. The van der Waals surface area contributed by atoms with E-state index in [2.05, 4.69) is 6.92 Å². The van der Waals surface area contributed by atoms with Crippen molar-refractivity contribution in [1.82, 2.24) is 4.90 Å². The van der Waals surface area contributed by atoms with Crippen LogP contribution in [0.4, 0.5) is 4.79 Å². The summed E-state index contributed by atoms with van der Waals surface area (Å²) in [6.07, 6.45) is 2.43. The van der Waals surface area contributed by atoms with E-state index in [1.54, 1.807) is 0 Å². The van der Waals surface area contributed by atoms with Crippen molar-refractivity contribution in [2.24, 2.45) is 17.8 Å². The molecule has 1 heterocycles. The molecule has 0 N–H and O–H groups in total. The Morgan fingerprint density at radius 1 is 1.19 bits per heavy atom. The lowest BCUT2D eigenvalue weighted by atomic mass is 10.0. The van der Waals surface area contributed by atoms with E-state index in [4.69, 9.17) is 4.74 Å². The minimum Gasteiger partial charge on any atom is -0.444 e. The van der Waals surface area contributed by atoms with Crippen LogP contribution in [0.25, 0.3) is 0 Å². The molecule has 1 aliphatic heterocycles. The number of carbonyl (C=O) groups is 1. The Morgan fingerprint density at radius 3 is 2.12 bits per heavy atom. The normalized spacial score (nSPS) is 34.0. The summed E-state index contributed by atoms with van der Waals surface area (Å²) in [5, 5.41) is 0. The second-order valence-corrected chi connectivity index (χ2v) is 6.48. The molecule has 1 saturated heterocycles. The summed E-state index contributed by atoms with van der Waals surface area (Å²) in [5.74, 6) is 2.29. The molecular formula is C13H23NO2. The highest BCUT2D eigenvalue weighted by molar-refractivity contribution is 5.68. The lowest BCUT2D eigenvalue weighted by Crippen LogP contribution is -2.36. The average Bonchev–Trinajstić information content (AvgIpc) is 2.56. The first-order chi connectivity index (χ1) is 7.35. The minimum absolute atomic E-state index is 0.130. The molecule has 2 aliphatic rings. The van der Waals surface area contributed by atoms with Gasteiger partial charge in [-0.15, -0.1) is 0 Å². The molecule has 92 valence electrons. The molecule has 1 saturated carbocycles. The van der Waals surface area contributed by atoms with Gasteiger partial charge in [0.2, 0.25) is 0 Å². The van der Waals surface area contributed by atoms with Gasteiger partial charge >= 0.3 is 6.09 Å². The van der Waals surface area contributed by atoms with Gasteiger partial charge in [-0.25, -0.2) is 4.79 Å². The first-order valence-electron chi connectivity index (χ1n) is 6.33. The molecule has 2 fully saturated rings. The van der Waals surface area contributed by atoms with E-state index in [1.807, 2.05) is 25.7 Å². The van der Waals surface area contributed by atoms with E-state index in [1.165, 1.54) is 12.8 Å². The van der Waals surface area contributed by atoms with Crippen LogP contribution in [0.5, 0.6) is 0 Å². The van der Waals surface area contributed by atoms with Crippen LogP contribution < -0.4 is 0 Å². The van der Waals surface area contributed by atoms with Gasteiger partial charge < -0.3 is 9.64 Å². The standard InChI is InChI=1S/C13H23NO2/c1-9-5-10-7-14(8-11(10)6-9)12(15)16-13(2,3)4/h9-11H,5-8H2,1-4H3/t9-,10+,11?/m0/s1. The molecule has 0 bridgehead atoms. The highest BCUT2D eigenvalue weighted by Gasteiger charge is 2.41. The molecule has 0 radical (unpaired) electrons. The van der Waals surface area contributed by atoms with Gasteiger partial charge in [-0.3, -0.25) is 0 Å². The van der Waals surface area contributed by atoms with Crippen molar-refractivity contribution >= 4 is 6.09 Å². The third-order valence-electron chi connectivity index (χ3n) is 3.64. The largest absolute Gasteiger partial charge is 0.444 e.